The van der Waals surface area contributed by atoms with Crippen LogP contribution >= 0.6 is 0 Å². The van der Waals surface area contributed by atoms with Gasteiger partial charge in [-0.15, -0.1) is 10.2 Å². The molecule has 1 heterocycles. The number of rotatable bonds is 3. The first-order valence-electron chi connectivity index (χ1n) is 9.91. The van der Waals surface area contributed by atoms with Gasteiger partial charge < -0.3 is 5.32 Å². The summed E-state index contributed by atoms with van der Waals surface area (Å²) in [6.45, 7) is 3.54. The Bertz CT molecular complexity index is 1090. The fraction of sp³-hybridized carbons (Fsp3) is 0.250. The Labute approximate surface area is 170 Å². The van der Waals surface area contributed by atoms with E-state index in [4.69, 9.17) is 0 Å². The Kier molecular flexibility index (Phi) is 5.21. The van der Waals surface area contributed by atoms with Crippen molar-refractivity contribution in [3.8, 4) is 11.1 Å². The zero-order chi connectivity index (χ0) is 20.4. The van der Waals surface area contributed by atoms with Gasteiger partial charge >= 0.3 is 0 Å². The first-order valence-corrected chi connectivity index (χ1v) is 9.91. The Morgan fingerprint density at radius 3 is 2.34 bits per heavy atom. The molecule has 4 rings (SSSR count). The van der Waals surface area contributed by atoms with E-state index in [-0.39, 0.29) is 11.8 Å². The maximum atomic E-state index is 12.1. The molecule has 2 aromatic carbocycles. The maximum absolute atomic E-state index is 12.1. The zero-order valence-electron chi connectivity index (χ0n) is 16.7. The molecule has 1 aliphatic carbocycles. The van der Waals surface area contributed by atoms with E-state index in [1.165, 1.54) is 6.92 Å². The van der Waals surface area contributed by atoms with Gasteiger partial charge in [-0.25, -0.2) is 0 Å². The molecular formula is C24H23N3O2. The standard InChI is InChI=1S/C24H23N3O2/c1-15(23-21-11-3-4-12-22(21)24(29)27-26-23)17-7-5-8-18(13-17)19-9-6-10-20(14-19)25-16(2)28/h5-10,13-14H,3-4,11-12H2,1-2H3,(H,25,28)/b23-15-. The lowest BCUT2D eigenvalue weighted by molar-refractivity contribution is -0.115. The molecule has 2 aliphatic rings. The predicted octanol–water partition coefficient (Wildman–Crippen LogP) is 5.91. The van der Waals surface area contributed by atoms with E-state index in [0.29, 0.717) is 0 Å². The lowest BCUT2D eigenvalue weighted by Crippen LogP contribution is -2.13. The Hall–Kier alpha value is -3.34. The smallest absolute Gasteiger partial charge is 0.291 e. The number of hydrogen-bond donors (Lipinski definition) is 1. The first-order chi connectivity index (χ1) is 14.0. The van der Waals surface area contributed by atoms with Gasteiger partial charge in [0, 0.05) is 18.2 Å². The molecule has 2 aromatic rings. The van der Waals surface area contributed by atoms with Crippen molar-refractivity contribution in [2.45, 2.75) is 39.5 Å². The average Bonchev–Trinajstić information content (AvgIpc) is 2.74. The summed E-state index contributed by atoms with van der Waals surface area (Å²) >= 11 is 0. The molecule has 29 heavy (non-hydrogen) atoms. The molecule has 0 unspecified atom stereocenters. The van der Waals surface area contributed by atoms with Crippen LogP contribution < -0.4 is 5.32 Å². The van der Waals surface area contributed by atoms with Crippen LogP contribution in [0.1, 0.15) is 45.1 Å². The minimum absolute atomic E-state index is 0.0924. The second kappa shape index (κ2) is 7.95. The molecule has 0 atom stereocenters. The summed E-state index contributed by atoms with van der Waals surface area (Å²) in [6, 6.07) is 16.0. The maximum Gasteiger partial charge on any atom is 0.291 e. The van der Waals surface area contributed by atoms with Crippen molar-refractivity contribution in [1.29, 1.82) is 0 Å². The van der Waals surface area contributed by atoms with Gasteiger partial charge in [0.15, 0.2) is 0 Å². The number of anilines is 1. The highest BCUT2D eigenvalue weighted by atomic mass is 16.2. The Balaban J connectivity index is 1.73. The summed E-state index contributed by atoms with van der Waals surface area (Å²) in [4.78, 5) is 23.5. The van der Waals surface area contributed by atoms with E-state index in [2.05, 4.69) is 27.7 Å². The minimum Gasteiger partial charge on any atom is -0.326 e. The third-order valence-corrected chi connectivity index (χ3v) is 5.42. The highest BCUT2D eigenvalue weighted by Crippen LogP contribution is 2.38. The highest BCUT2D eigenvalue weighted by molar-refractivity contribution is 5.97. The number of azo groups is 1. The van der Waals surface area contributed by atoms with Gasteiger partial charge in [0.1, 0.15) is 0 Å². The van der Waals surface area contributed by atoms with Crippen molar-refractivity contribution < 1.29 is 9.59 Å². The van der Waals surface area contributed by atoms with Gasteiger partial charge in [0.25, 0.3) is 5.91 Å². The lowest BCUT2D eigenvalue weighted by Gasteiger charge is -2.22. The van der Waals surface area contributed by atoms with Crippen LogP contribution in [0.25, 0.3) is 16.7 Å². The summed E-state index contributed by atoms with van der Waals surface area (Å²) in [7, 11) is 0. The average molecular weight is 385 g/mol. The van der Waals surface area contributed by atoms with Crippen LogP contribution in [0.3, 0.4) is 0 Å². The van der Waals surface area contributed by atoms with Crippen LogP contribution in [0.5, 0.6) is 0 Å². The normalized spacial score (nSPS) is 17.8. The fourth-order valence-electron chi connectivity index (χ4n) is 3.97. The van der Waals surface area contributed by atoms with Crippen molar-refractivity contribution in [2.24, 2.45) is 10.2 Å². The van der Waals surface area contributed by atoms with Crippen LogP contribution in [0.4, 0.5) is 5.69 Å². The zero-order valence-corrected chi connectivity index (χ0v) is 16.7. The van der Waals surface area contributed by atoms with Gasteiger partial charge in [0.2, 0.25) is 5.91 Å². The number of amides is 2. The molecule has 0 spiro atoms. The molecule has 146 valence electrons. The van der Waals surface area contributed by atoms with Gasteiger partial charge in [0.05, 0.1) is 5.70 Å². The Morgan fingerprint density at radius 1 is 0.897 bits per heavy atom. The molecule has 0 saturated heterocycles. The quantitative estimate of drug-likeness (QED) is 0.714. The number of carbonyl (C=O) groups excluding carboxylic acids is 2. The number of carbonyl (C=O) groups is 2. The van der Waals surface area contributed by atoms with E-state index in [9.17, 15) is 9.59 Å². The number of allylic oxidation sites excluding steroid dienone is 2. The molecule has 0 fully saturated rings. The van der Waals surface area contributed by atoms with Crippen LogP contribution in [0, 0.1) is 0 Å². The molecule has 5 nitrogen and oxygen atoms in total. The van der Waals surface area contributed by atoms with E-state index in [1.807, 2.05) is 43.3 Å². The summed E-state index contributed by atoms with van der Waals surface area (Å²) in [6.07, 6.45) is 3.78. The molecule has 0 radical (unpaired) electrons. The predicted molar refractivity (Wildman–Crippen MR) is 114 cm³/mol. The summed E-state index contributed by atoms with van der Waals surface area (Å²) in [5, 5.41) is 11.0. The van der Waals surface area contributed by atoms with Crippen LogP contribution in [0.15, 0.2) is 75.6 Å². The second-order valence-corrected chi connectivity index (χ2v) is 7.49. The van der Waals surface area contributed by atoms with E-state index < -0.39 is 0 Å². The fourth-order valence-corrected chi connectivity index (χ4v) is 3.97. The Morgan fingerprint density at radius 2 is 1.59 bits per heavy atom. The molecular weight excluding hydrogens is 362 g/mol. The lowest BCUT2D eigenvalue weighted by atomic mass is 9.86. The van der Waals surface area contributed by atoms with E-state index >= 15 is 0 Å². The third kappa shape index (κ3) is 3.94. The van der Waals surface area contributed by atoms with Crippen molar-refractivity contribution in [3.63, 3.8) is 0 Å². The minimum atomic E-state index is -0.181. The molecule has 1 aliphatic heterocycles. The monoisotopic (exact) mass is 385 g/mol. The van der Waals surface area contributed by atoms with E-state index in [1.54, 1.807) is 0 Å². The van der Waals surface area contributed by atoms with Crippen molar-refractivity contribution in [3.05, 3.63) is 70.9 Å². The van der Waals surface area contributed by atoms with Crippen LogP contribution in [-0.4, -0.2) is 11.8 Å². The van der Waals surface area contributed by atoms with Crippen molar-refractivity contribution in [1.82, 2.24) is 0 Å². The number of benzene rings is 2. The van der Waals surface area contributed by atoms with Gasteiger partial charge in [-0.2, -0.15) is 0 Å². The topological polar surface area (TPSA) is 70.9 Å². The first kappa shape index (κ1) is 19.0. The van der Waals surface area contributed by atoms with Gasteiger partial charge in [-0.3, -0.25) is 9.59 Å². The number of hydrogen-bond acceptors (Lipinski definition) is 3. The van der Waals surface area contributed by atoms with Gasteiger partial charge in [-0.1, -0.05) is 30.3 Å². The van der Waals surface area contributed by atoms with E-state index in [0.717, 1.165) is 70.5 Å². The summed E-state index contributed by atoms with van der Waals surface area (Å²) in [5.41, 5.74) is 7.65. The number of nitrogens with one attached hydrogen (secondary N) is 1. The third-order valence-electron chi connectivity index (χ3n) is 5.42. The van der Waals surface area contributed by atoms with Crippen LogP contribution in [-0.2, 0) is 9.59 Å². The molecule has 0 bridgehead atoms. The van der Waals surface area contributed by atoms with Gasteiger partial charge in [-0.05, 0) is 78.6 Å². The van der Waals surface area contributed by atoms with Crippen LogP contribution in [0.2, 0.25) is 0 Å². The van der Waals surface area contributed by atoms with Crippen molar-refractivity contribution in [2.75, 3.05) is 5.32 Å². The molecule has 0 aromatic heterocycles. The molecule has 0 saturated carbocycles. The highest BCUT2D eigenvalue weighted by Gasteiger charge is 2.26. The second-order valence-electron chi connectivity index (χ2n) is 7.49. The molecule has 5 heteroatoms. The summed E-state index contributed by atoms with van der Waals surface area (Å²) in [5.74, 6) is -0.273. The molecule has 2 amide bonds. The largest absolute Gasteiger partial charge is 0.326 e. The molecule has 1 N–H and O–H groups in total. The summed E-state index contributed by atoms with van der Waals surface area (Å²) < 4.78 is 0. The number of nitrogens with zero attached hydrogens (tertiary/aromatic N) is 2. The SMILES string of the molecule is CC(=O)Nc1cccc(-c2cccc(/C(C)=C3\N=NC(=O)C4=C3CCCC4)c2)c1. The van der Waals surface area contributed by atoms with Crippen molar-refractivity contribution >= 4 is 23.1 Å².